The van der Waals surface area contributed by atoms with Crippen molar-refractivity contribution >= 4 is 11.9 Å². The van der Waals surface area contributed by atoms with Crippen molar-refractivity contribution in [2.45, 2.75) is 33.2 Å². The number of ether oxygens (including phenoxy) is 4. The first-order valence-corrected chi connectivity index (χ1v) is 11.5. The number of carbonyl (C=O) groups is 2. The predicted octanol–water partition coefficient (Wildman–Crippen LogP) is 4.29. The van der Waals surface area contributed by atoms with E-state index in [9.17, 15) is 14.7 Å². The van der Waals surface area contributed by atoms with Gasteiger partial charge in [0.15, 0.2) is 11.5 Å². The van der Waals surface area contributed by atoms with Crippen LogP contribution in [0.1, 0.15) is 37.8 Å². The summed E-state index contributed by atoms with van der Waals surface area (Å²) in [5.41, 5.74) is 2.10. The third kappa shape index (κ3) is 6.15. The molecule has 186 valence electrons. The number of hydrogen-bond donors (Lipinski definition) is 1. The molecule has 8 heteroatoms. The van der Waals surface area contributed by atoms with Crippen LogP contribution in [-0.4, -0.2) is 48.9 Å². The van der Waals surface area contributed by atoms with Crippen LogP contribution in [0.5, 0.6) is 17.2 Å². The van der Waals surface area contributed by atoms with E-state index in [1.165, 1.54) is 6.07 Å². The molecular weight excluding hydrogens is 450 g/mol. The van der Waals surface area contributed by atoms with Crippen LogP contribution in [0.3, 0.4) is 0 Å². The van der Waals surface area contributed by atoms with Crippen molar-refractivity contribution in [3.05, 3.63) is 77.1 Å². The van der Waals surface area contributed by atoms with Crippen LogP contribution >= 0.6 is 0 Å². The summed E-state index contributed by atoms with van der Waals surface area (Å²) in [5.74, 6) is -0.889. The zero-order valence-corrected chi connectivity index (χ0v) is 20.4. The van der Waals surface area contributed by atoms with E-state index >= 15 is 0 Å². The third-order valence-electron chi connectivity index (χ3n) is 5.40. The Hall–Kier alpha value is -3.94. The molecule has 0 radical (unpaired) electrons. The Bertz CT molecular complexity index is 1070. The summed E-state index contributed by atoms with van der Waals surface area (Å²) in [7, 11) is 1.60. The lowest BCUT2D eigenvalue weighted by atomic mass is 9.83. The smallest absolute Gasteiger partial charge is 0.336 e. The van der Waals surface area contributed by atoms with E-state index in [1.807, 2.05) is 24.3 Å². The second-order valence-electron chi connectivity index (χ2n) is 7.72. The molecule has 0 aliphatic carbocycles. The molecule has 0 spiro atoms. The molecule has 8 nitrogen and oxygen atoms in total. The van der Waals surface area contributed by atoms with Gasteiger partial charge >= 0.3 is 11.9 Å². The molecule has 1 N–H and O–H groups in total. The van der Waals surface area contributed by atoms with Gasteiger partial charge in [0.05, 0.1) is 44.0 Å². The molecule has 3 rings (SSSR count). The van der Waals surface area contributed by atoms with Crippen LogP contribution in [0.15, 0.2) is 66.0 Å². The highest BCUT2D eigenvalue weighted by molar-refractivity contribution is 5.98. The van der Waals surface area contributed by atoms with E-state index in [-0.39, 0.29) is 35.9 Å². The van der Waals surface area contributed by atoms with E-state index < -0.39 is 17.9 Å². The SMILES string of the molecule is CCOC(=O)C1=CN(Cc2ccc(OC)cc2)C=C(C(=O)OCC)C1c1ccc(O)c(OCC)c1. The summed E-state index contributed by atoms with van der Waals surface area (Å²) in [4.78, 5) is 27.9. The van der Waals surface area contributed by atoms with Gasteiger partial charge in [-0.15, -0.1) is 0 Å². The van der Waals surface area contributed by atoms with Gasteiger partial charge in [-0.05, 0) is 56.2 Å². The van der Waals surface area contributed by atoms with Crippen LogP contribution in [0.25, 0.3) is 0 Å². The van der Waals surface area contributed by atoms with Crippen LogP contribution in [0.2, 0.25) is 0 Å². The fourth-order valence-electron chi connectivity index (χ4n) is 3.85. The molecule has 2 aromatic rings. The molecule has 35 heavy (non-hydrogen) atoms. The minimum Gasteiger partial charge on any atom is -0.504 e. The van der Waals surface area contributed by atoms with Crippen LogP contribution in [-0.2, 0) is 25.6 Å². The van der Waals surface area contributed by atoms with Gasteiger partial charge in [-0.3, -0.25) is 0 Å². The summed E-state index contributed by atoms with van der Waals surface area (Å²) in [5, 5.41) is 10.2. The molecule has 0 aromatic heterocycles. The standard InChI is InChI=1S/C27H31NO7/c1-5-33-24-14-19(10-13-23(24)29)25-21(26(30)34-6-2)16-28(17-22(25)27(31)35-7-3)15-18-8-11-20(32-4)12-9-18/h8-14,16-17,25,29H,5-7,15H2,1-4H3. The van der Waals surface area contributed by atoms with E-state index in [4.69, 9.17) is 18.9 Å². The fraction of sp³-hybridized carbons (Fsp3) is 0.333. The minimum absolute atomic E-state index is 0.0316. The van der Waals surface area contributed by atoms with Gasteiger partial charge in [-0.25, -0.2) is 9.59 Å². The lowest BCUT2D eigenvalue weighted by Crippen LogP contribution is -2.29. The summed E-state index contributed by atoms with van der Waals surface area (Å²) in [6.45, 7) is 6.36. The monoisotopic (exact) mass is 481 g/mol. The molecule has 0 saturated carbocycles. The highest BCUT2D eigenvalue weighted by Gasteiger charge is 2.36. The number of esters is 2. The molecule has 0 saturated heterocycles. The largest absolute Gasteiger partial charge is 0.504 e. The van der Waals surface area contributed by atoms with Crippen LogP contribution in [0.4, 0.5) is 0 Å². The minimum atomic E-state index is -0.764. The molecule has 1 aliphatic heterocycles. The van der Waals surface area contributed by atoms with Gasteiger partial charge in [0.1, 0.15) is 5.75 Å². The number of nitrogens with zero attached hydrogens (tertiary/aromatic N) is 1. The summed E-state index contributed by atoms with van der Waals surface area (Å²) in [6, 6.07) is 12.3. The van der Waals surface area contributed by atoms with Crippen molar-refractivity contribution in [2.75, 3.05) is 26.9 Å². The van der Waals surface area contributed by atoms with Gasteiger partial charge in [0.2, 0.25) is 0 Å². The molecule has 0 atom stereocenters. The van der Waals surface area contributed by atoms with E-state index in [2.05, 4.69) is 0 Å². The quantitative estimate of drug-likeness (QED) is 0.502. The maximum Gasteiger partial charge on any atom is 0.336 e. The van der Waals surface area contributed by atoms with E-state index in [0.29, 0.717) is 18.7 Å². The van der Waals surface area contributed by atoms with Crippen molar-refractivity contribution in [2.24, 2.45) is 0 Å². The first kappa shape index (κ1) is 25.7. The number of carbonyl (C=O) groups excluding carboxylic acids is 2. The predicted molar refractivity (Wildman–Crippen MR) is 130 cm³/mol. The number of rotatable bonds is 10. The summed E-state index contributed by atoms with van der Waals surface area (Å²) < 4.78 is 21.4. The molecule has 0 unspecified atom stereocenters. The van der Waals surface area contributed by atoms with E-state index in [1.54, 1.807) is 57.3 Å². The average Bonchev–Trinajstić information content (AvgIpc) is 2.86. The molecule has 0 bridgehead atoms. The topological polar surface area (TPSA) is 94.5 Å². The van der Waals surface area contributed by atoms with Crippen molar-refractivity contribution in [1.29, 1.82) is 0 Å². The van der Waals surface area contributed by atoms with Crippen molar-refractivity contribution in [1.82, 2.24) is 4.90 Å². The molecule has 1 heterocycles. The fourth-order valence-corrected chi connectivity index (χ4v) is 3.85. The molecule has 0 fully saturated rings. The molecular formula is C27H31NO7. The molecule has 2 aromatic carbocycles. The lowest BCUT2D eigenvalue weighted by Gasteiger charge is -2.30. The van der Waals surface area contributed by atoms with Crippen molar-refractivity contribution in [3.8, 4) is 17.2 Å². The van der Waals surface area contributed by atoms with Crippen molar-refractivity contribution < 1.29 is 33.6 Å². The van der Waals surface area contributed by atoms with E-state index in [0.717, 1.165) is 11.3 Å². The van der Waals surface area contributed by atoms with Gasteiger partial charge in [0, 0.05) is 18.9 Å². The first-order chi connectivity index (χ1) is 16.9. The molecule has 1 aliphatic rings. The van der Waals surface area contributed by atoms with Gasteiger partial charge < -0.3 is 29.0 Å². The Morgan fingerprint density at radius 1 is 0.886 bits per heavy atom. The van der Waals surface area contributed by atoms with Crippen LogP contribution in [0, 0.1) is 0 Å². The maximum atomic E-state index is 13.1. The van der Waals surface area contributed by atoms with Gasteiger partial charge in [-0.2, -0.15) is 0 Å². The Kier molecular flexibility index (Phi) is 8.78. The Morgan fingerprint density at radius 2 is 1.49 bits per heavy atom. The maximum absolute atomic E-state index is 13.1. The first-order valence-electron chi connectivity index (χ1n) is 11.5. The number of hydrogen-bond acceptors (Lipinski definition) is 8. The highest BCUT2D eigenvalue weighted by Crippen LogP contribution is 2.40. The highest BCUT2D eigenvalue weighted by atomic mass is 16.5. The Balaban J connectivity index is 2.09. The number of aromatic hydroxyl groups is 1. The second-order valence-corrected chi connectivity index (χ2v) is 7.72. The second kappa shape index (κ2) is 12.0. The lowest BCUT2D eigenvalue weighted by molar-refractivity contribution is -0.139. The Morgan fingerprint density at radius 3 is 2.00 bits per heavy atom. The zero-order chi connectivity index (χ0) is 25.4. The third-order valence-corrected chi connectivity index (χ3v) is 5.40. The summed E-state index contributed by atoms with van der Waals surface area (Å²) >= 11 is 0. The molecule has 0 amide bonds. The summed E-state index contributed by atoms with van der Waals surface area (Å²) in [6.07, 6.45) is 3.37. The van der Waals surface area contributed by atoms with Crippen molar-refractivity contribution in [3.63, 3.8) is 0 Å². The Labute approximate surface area is 205 Å². The number of methoxy groups -OCH3 is 1. The normalized spacial score (nSPS) is 13.5. The zero-order valence-electron chi connectivity index (χ0n) is 20.4. The van der Waals surface area contributed by atoms with Crippen LogP contribution < -0.4 is 9.47 Å². The number of benzene rings is 2. The van der Waals surface area contributed by atoms with Gasteiger partial charge in [0.25, 0.3) is 0 Å². The van der Waals surface area contributed by atoms with Gasteiger partial charge in [-0.1, -0.05) is 18.2 Å². The number of phenolic OH excluding ortho intramolecular Hbond substituents is 1. The average molecular weight is 482 g/mol. The number of phenols is 1.